The predicted molar refractivity (Wildman–Crippen MR) is 67.0 cm³/mol. The first kappa shape index (κ1) is 12.0. The molecular weight excluding hydrogens is 230 g/mol. The van der Waals surface area contributed by atoms with Crippen molar-refractivity contribution in [3.63, 3.8) is 0 Å². The number of anilines is 1. The van der Waals surface area contributed by atoms with E-state index in [-0.39, 0.29) is 5.91 Å². The van der Waals surface area contributed by atoms with Crippen molar-refractivity contribution in [1.29, 1.82) is 0 Å². The Morgan fingerprint density at radius 2 is 2.17 bits per heavy atom. The maximum Gasteiger partial charge on any atom is 0.254 e. The van der Waals surface area contributed by atoms with E-state index in [1.807, 2.05) is 0 Å². The molecule has 18 heavy (non-hydrogen) atoms. The maximum atomic E-state index is 11.6. The van der Waals surface area contributed by atoms with E-state index in [9.17, 15) is 4.79 Å². The number of nitrogens with zero attached hydrogens (tertiary/aromatic N) is 3. The van der Waals surface area contributed by atoms with Gasteiger partial charge in [-0.15, -0.1) is 0 Å². The summed E-state index contributed by atoms with van der Waals surface area (Å²) >= 11 is 0. The van der Waals surface area contributed by atoms with Crippen LogP contribution in [0.1, 0.15) is 16.1 Å². The Labute approximate surface area is 105 Å². The van der Waals surface area contributed by atoms with Crippen molar-refractivity contribution in [2.24, 2.45) is 0 Å². The first-order chi connectivity index (χ1) is 8.81. The highest BCUT2D eigenvalue weighted by atomic mass is 16.1. The van der Waals surface area contributed by atoms with Gasteiger partial charge in [0, 0.05) is 19.4 Å². The van der Waals surface area contributed by atoms with Crippen molar-refractivity contribution in [3.8, 4) is 0 Å². The quantitative estimate of drug-likeness (QED) is 0.832. The molecule has 0 aliphatic rings. The van der Waals surface area contributed by atoms with Crippen LogP contribution in [-0.2, 0) is 6.54 Å². The summed E-state index contributed by atoms with van der Waals surface area (Å²) < 4.78 is 0. The van der Waals surface area contributed by atoms with Crippen LogP contribution in [0.25, 0.3) is 0 Å². The maximum absolute atomic E-state index is 11.6. The van der Waals surface area contributed by atoms with Gasteiger partial charge in [0.1, 0.15) is 12.1 Å². The van der Waals surface area contributed by atoms with Crippen LogP contribution < -0.4 is 10.6 Å². The molecule has 92 valence electrons. The molecule has 2 aromatic heterocycles. The summed E-state index contributed by atoms with van der Waals surface area (Å²) in [7, 11) is 1.59. The Morgan fingerprint density at radius 1 is 1.28 bits per heavy atom. The van der Waals surface area contributed by atoms with Gasteiger partial charge in [0.25, 0.3) is 5.91 Å². The number of carbonyl (C=O) groups excluding carboxylic acids is 1. The molecule has 0 spiro atoms. The van der Waals surface area contributed by atoms with Crippen molar-refractivity contribution >= 4 is 11.7 Å². The summed E-state index contributed by atoms with van der Waals surface area (Å²) in [5, 5.41) is 5.66. The lowest BCUT2D eigenvalue weighted by Crippen LogP contribution is -2.20. The lowest BCUT2D eigenvalue weighted by Gasteiger charge is -2.09. The number of hydrogen-bond acceptors (Lipinski definition) is 5. The summed E-state index contributed by atoms with van der Waals surface area (Å²) in [5.41, 5.74) is 1.34. The number of pyridine rings is 1. The van der Waals surface area contributed by atoms with E-state index in [2.05, 4.69) is 25.6 Å². The zero-order valence-electron chi connectivity index (χ0n) is 9.92. The highest BCUT2D eigenvalue weighted by Gasteiger charge is 2.09. The molecule has 0 aliphatic carbocycles. The van der Waals surface area contributed by atoms with Crippen molar-refractivity contribution in [1.82, 2.24) is 20.3 Å². The molecule has 1 amide bonds. The fraction of sp³-hybridized carbons (Fsp3) is 0.167. The van der Waals surface area contributed by atoms with Gasteiger partial charge in [-0.2, -0.15) is 0 Å². The lowest BCUT2D eigenvalue weighted by atomic mass is 10.2. The third-order valence-electron chi connectivity index (χ3n) is 2.36. The average molecular weight is 243 g/mol. The second-order valence-corrected chi connectivity index (χ2v) is 3.53. The fourth-order valence-electron chi connectivity index (χ4n) is 1.46. The monoisotopic (exact) mass is 243 g/mol. The zero-order valence-corrected chi connectivity index (χ0v) is 9.92. The van der Waals surface area contributed by atoms with Crippen LogP contribution >= 0.6 is 0 Å². The van der Waals surface area contributed by atoms with E-state index in [0.29, 0.717) is 17.9 Å². The molecule has 0 aromatic carbocycles. The Hall–Kier alpha value is -2.50. The van der Waals surface area contributed by atoms with Gasteiger partial charge in [-0.05, 0) is 18.2 Å². The average Bonchev–Trinajstić information content (AvgIpc) is 2.45. The van der Waals surface area contributed by atoms with Gasteiger partial charge in [0.2, 0.25) is 0 Å². The Kier molecular flexibility index (Phi) is 3.80. The van der Waals surface area contributed by atoms with E-state index in [1.54, 1.807) is 37.6 Å². The lowest BCUT2D eigenvalue weighted by molar-refractivity contribution is 0.0963. The topological polar surface area (TPSA) is 79.8 Å². The number of aromatic nitrogens is 3. The highest BCUT2D eigenvalue weighted by molar-refractivity contribution is 5.98. The molecule has 0 bridgehead atoms. The SMILES string of the molecule is CNC(=O)c1cccnc1NCc1ccncn1. The van der Waals surface area contributed by atoms with Crippen molar-refractivity contribution < 1.29 is 4.79 Å². The molecule has 6 nitrogen and oxygen atoms in total. The Bertz CT molecular complexity index is 529. The third kappa shape index (κ3) is 2.79. The number of rotatable bonds is 4. The van der Waals surface area contributed by atoms with Crippen LogP contribution in [-0.4, -0.2) is 27.9 Å². The summed E-state index contributed by atoms with van der Waals surface area (Å²) in [6.45, 7) is 0.490. The van der Waals surface area contributed by atoms with Crippen LogP contribution in [0.2, 0.25) is 0 Å². The molecular formula is C12H13N5O. The van der Waals surface area contributed by atoms with Crippen molar-refractivity contribution in [2.45, 2.75) is 6.54 Å². The van der Waals surface area contributed by atoms with Crippen LogP contribution in [0, 0.1) is 0 Å². The summed E-state index contributed by atoms with van der Waals surface area (Å²) in [5.74, 6) is 0.365. The van der Waals surface area contributed by atoms with Crippen molar-refractivity contribution in [3.05, 3.63) is 48.2 Å². The first-order valence-electron chi connectivity index (χ1n) is 5.47. The smallest absolute Gasteiger partial charge is 0.254 e. The van der Waals surface area contributed by atoms with E-state index in [0.717, 1.165) is 5.69 Å². The number of hydrogen-bond donors (Lipinski definition) is 2. The minimum absolute atomic E-state index is 0.173. The van der Waals surface area contributed by atoms with Gasteiger partial charge >= 0.3 is 0 Å². The summed E-state index contributed by atoms with van der Waals surface area (Å²) in [4.78, 5) is 23.7. The molecule has 0 unspecified atom stereocenters. The van der Waals surface area contributed by atoms with Gasteiger partial charge in [-0.3, -0.25) is 4.79 Å². The summed E-state index contributed by atoms with van der Waals surface area (Å²) in [6, 6.07) is 5.24. The fourth-order valence-corrected chi connectivity index (χ4v) is 1.46. The molecule has 0 saturated heterocycles. The van der Waals surface area contributed by atoms with Gasteiger partial charge in [-0.25, -0.2) is 15.0 Å². The molecule has 6 heteroatoms. The molecule has 2 heterocycles. The number of amides is 1. The van der Waals surface area contributed by atoms with Crippen molar-refractivity contribution in [2.75, 3.05) is 12.4 Å². The normalized spacial score (nSPS) is 9.83. The molecule has 0 aliphatic heterocycles. The van der Waals surface area contributed by atoms with Crippen LogP contribution in [0.3, 0.4) is 0 Å². The number of nitrogens with one attached hydrogen (secondary N) is 2. The predicted octanol–water partition coefficient (Wildman–Crippen LogP) is 0.843. The van der Waals surface area contributed by atoms with Gasteiger partial charge in [0.15, 0.2) is 0 Å². The minimum Gasteiger partial charge on any atom is -0.364 e. The first-order valence-corrected chi connectivity index (χ1v) is 5.47. The van der Waals surface area contributed by atoms with E-state index in [1.165, 1.54) is 6.33 Å². The van der Waals surface area contributed by atoms with E-state index < -0.39 is 0 Å². The van der Waals surface area contributed by atoms with Crippen LogP contribution in [0.4, 0.5) is 5.82 Å². The molecule has 2 aromatic rings. The standard InChI is InChI=1S/C12H13N5O/c1-13-12(18)10-3-2-5-15-11(10)16-7-9-4-6-14-8-17-9/h2-6,8H,7H2,1H3,(H,13,18)(H,15,16). The molecule has 0 saturated carbocycles. The van der Waals surface area contributed by atoms with E-state index >= 15 is 0 Å². The zero-order chi connectivity index (χ0) is 12.8. The molecule has 2 rings (SSSR count). The summed E-state index contributed by atoms with van der Waals surface area (Å²) in [6.07, 6.45) is 4.78. The largest absolute Gasteiger partial charge is 0.364 e. The Morgan fingerprint density at radius 3 is 2.89 bits per heavy atom. The number of carbonyl (C=O) groups is 1. The van der Waals surface area contributed by atoms with Crippen LogP contribution in [0.15, 0.2) is 36.9 Å². The van der Waals surface area contributed by atoms with E-state index in [4.69, 9.17) is 0 Å². The second-order valence-electron chi connectivity index (χ2n) is 3.53. The minimum atomic E-state index is -0.173. The van der Waals surface area contributed by atoms with Gasteiger partial charge < -0.3 is 10.6 Å². The van der Waals surface area contributed by atoms with Gasteiger partial charge in [-0.1, -0.05) is 0 Å². The Balaban J connectivity index is 2.12. The van der Waals surface area contributed by atoms with Crippen LogP contribution in [0.5, 0.6) is 0 Å². The van der Waals surface area contributed by atoms with Gasteiger partial charge in [0.05, 0.1) is 17.8 Å². The third-order valence-corrected chi connectivity index (χ3v) is 2.36. The molecule has 0 atom stereocenters. The molecule has 2 N–H and O–H groups in total. The molecule has 0 radical (unpaired) electrons. The second kappa shape index (κ2) is 5.72. The molecule has 0 fully saturated rings. The highest BCUT2D eigenvalue weighted by Crippen LogP contribution is 2.11.